The molecular formula is C20H19N3O6S2. The number of thiazole rings is 1. The SMILES string of the molecule is Cc1csc(-c2ccc(Oc3ccc(S(=O)(=O)N4CCOCC4)cc3[N+](=O)[O-])cc2)n1. The number of nitro groups is 1. The highest BCUT2D eigenvalue weighted by atomic mass is 32.2. The summed E-state index contributed by atoms with van der Waals surface area (Å²) in [7, 11) is -3.85. The molecule has 1 aliphatic rings. The summed E-state index contributed by atoms with van der Waals surface area (Å²) in [5, 5.41) is 14.4. The molecule has 0 aliphatic carbocycles. The minimum atomic E-state index is -3.85. The van der Waals surface area contributed by atoms with Crippen molar-refractivity contribution in [3.05, 3.63) is 63.7 Å². The van der Waals surface area contributed by atoms with Crippen molar-refractivity contribution in [2.24, 2.45) is 0 Å². The van der Waals surface area contributed by atoms with Gasteiger partial charge in [-0.3, -0.25) is 10.1 Å². The fourth-order valence-corrected chi connectivity index (χ4v) is 5.33. The Hall–Kier alpha value is -2.86. The summed E-state index contributed by atoms with van der Waals surface area (Å²) < 4.78 is 37.7. The molecule has 0 unspecified atom stereocenters. The molecule has 4 rings (SSSR count). The van der Waals surface area contributed by atoms with E-state index in [2.05, 4.69) is 4.98 Å². The first-order valence-electron chi connectivity index (χ1n) is 9.41. The first-order valence-corrected chi connectivity index (χ1v) is 11.7. The lowest BCUT2D eigenvalue weighted by atomic mass is 10.2. The monoisotopic (exact) mass is 461 g/mol. The van der Waals surface area contributed by atoms with Crippen LogP contribution in [-0.4, -0.2) is 48.9 Å². The molecule has 0 radical (unpaired) electrons. The number of ether oxygens (including phenoxy) is 2. The van der Waals surface area contributed by atoms with Crippen molar-refractivity contribution in [2.75, 3.05) is 26.3 Å². The summed E-state index contributed by atoms with van der Waals surface area (Å²) in [6.45, 7) is 2.91. The third-order valence-corrected chi connectivity index (χ3v) is 7.59. The Morgan fingerprint density at radius 3 is 2.48 bits per heavy atom. The lowest BCUT2D eigenvalue weighted by Gasteiger charge is -2.26. The maximum Gasteiger partial charge on any atom is 0.312 e. The number of aryl methyl sites for hydroxylation is 1. The smallest absolute Gasteiger partial charge is 0.312 e. The molecule has 1 saturated heterocycles. The number of nitrogens with zero attached hydrogens (tertiary/aromatic N) is 3. The van der Waals surface area contributed by atoms with E-state index in [1.54, 1.807) is 12.1 Å². The molecule has 0 amide bonds. The van der Waals surface area contributed by atoms with Crippen LogP contribution in [0.1, 0.15) is 5.69 Å². The van der Waals surface area contributed by atoms with Crippen LogP contribution in [0.15, 0.2) is 52.7 Å². The molecule has 1 aliphatic heterocycles. The summed E-state index contributed by atoms with van der Waals surface area (Å²) in [5.41, 5.74) is 1.42. The minimum Gasteiger partial charge on any atom is -0.450 e. The molecule has 0 N–H and O–H groups in total. The van der Waals surface area contributed by atoms with Crippen molar-refractivity contribution in [2.45, 2.75) is 11.8 Å². The van der Waals surface area contributed by atoms with Gasteiger partial charge in [0.15, 0.2) is 0 Å². The van der Waals surface area contributed by atoms with Crippen LogP contribution in [0, 0.1) is 17.0 Å². The van der Waals surface area contributed by atoms with Gasteiger partial charge in [-0.25, -0.2) is 13.4 Å². The standard InChI is InChI=1S/C20H19N3O6S2/c1-14-13-30-20(21-14)15-2-4-16(5-3-15)29-19-7-6-17(12-18(19)23(24)25)31(26,27)22-8-10-28-11-9-22/h2-7,12-13H,8-11H2,1H3. The van der Waals surface area contributed by atoms with Crippen molar-refractivity contribution in [3.63, 3.8) is 0 Å². The van der Waals surface area contributed by atoms with E-state index in [0.29, 0.717) is 19.0 Å². The van der Waals surface area contributed by atoms with Crippen LogP contribution in [0.5, 0.6) is 11.5 Å². The number of hydrogen-bond donors (Lipinski definition) is 0. The van der Waals surface area contributed by atoms with Crippen molar-refractivity contribution in [1.29, 1.82) is 0 Å². The molecule has 3 aromatic rings. The second-order valence-electron chi connectivity index (χ2n) is 6.82. The van der Waals surface area contributed by atoms with Crippen molar-refractivity contribution < 1.29 is 22.8 Å². The summed E-state index contributed by atoms with van der Waals surface area (Å²) in [6.07, 6.45) is 0. The summed E-state index contributed by atoms with van der Waals surface area (Å²) in [5.74, 6) is 0.354. The van der Waals surface area contributed by atoms with Crippen LogP contribution in [0.25, 0.3) is 10.6 Å². The van der Waals surface area contributed by atoms with Crippen LogP contribution in [0.2, 0.25) is 0 Å². The fourth-order valence-electron chi connectivity index (χ4n) is 3.10. The summed E-state index contributed by atoms with van der Waals surface area (Å²) in [6, 6.07) is 10.7. The summed E-state index contributed by atoms with van der Waals surface area (Å²) in [4.78, 5) is 15.2. The molecule has 0 saturated carbocycles. The number of hydrogen-bond acceptors (Lipinski definition) is 8. The van der Waals surface area contributed by atoms with Gasteiger partial charge >= 0.3 is 5.69 Å². The van der Waals surface area contributed by atoms with E-state index in [0.717, 1.165) is 22.3 Å². The van der Waals surface area contributed by atoms with E-state index in [4.69, 9.17) is 9.47 Å². The highest BCUT2D eigenvalue weighted by Gasteiger charge is 2.29. The lowest BCUT2D eigenvalue weighted by molar-refractivity contribution is -0.385. The molecule has 31 heavy (non-hydrogen) atoms. The van der Waals surface area contributed by atoms with Crippen molar-refractivity contribution in [1.82, 2.24) is 9.29 Å². The lowest BCUT2D eigenvalue weighted by Crippen LogP contribution is -2.40. The van der Waals surface area contributed by atoms with Gasteiger partial charge in [-0.15, -0.1) is 11.3 Å². The Morgan fingerprint density at radius 1 is 1.16 bits per heavy atom. The van der Waals surface area contributed by atoms with Crippen LogP contribution in [-0.2, 0) is 14.8 Å². The van der Waals surface area contributed by atoms with E-state index < -0.39 is 20.6 Å². The molecular weight excluding hydrogens is 442 g/mol. The Morgan fingerprint density at radius 2 is 1.87 bits per heavy atom. The van der Waals surface area contributed by atoms with E-state index >= 15 is 0 Å². The second-order valence-corrected chi connectivity index (χ2v) is 9.62. The minimum absolute atomic E-state index is 0.0382. The van der Waals surface area contributed by atoms with Crippen molar-refractivity contribution >= 4 is 27.0 Å². The molecule has 1 fully saturated rings. The number of sulfonamides is 1. The Bertz CT molecular complexity index is 1200. The van der Waals surface area contributed by atoms with Gasteiger partial charge in [-0.2, -0.15) is 4.31 Å². The van der Waals surface area contributed by atoms with Gasteiger partial charge in [0, 0.05) is 35.8 Å². The molecule has 1 aromatic heterocycles. The molecule has 0 bridgehead atoms. The van der Waals surface area contributed by atoms with Crippen LogP contribution >= 0.6 is 11.3 Å². The van der Waals surface area contributed by atoms with Gasteiger partial charge in [-0.05, 0) is 43.3 Å². The first kappa shape index (κ1) is 21.4. The molecule has 11 heteroatoms. The zero-order valence-corrected chi connectivity index (χ0v) is 18.2. The Labute approximate surface area is 183 Å². The number of benzene rings is 2. The molecule has 162 valence electrons. The van der Waals surface area contributed by atoms with Gasteiger partial charge in [0.1, 0.15) is 10.8 Å². The average Bonchev–Trinajstić information content (AvgIpc) is 3.21. The van der Waals surface area contributed by atoms with Crippen LogP contribution < -0.4 is 4.74 Å². The van der Waals surface area contributed by atoms with Gasteiger partial charge < -0.3 is 9.47 Å². The van der Waals surface area contributed by atoms with Crippen molar-refractivity contribution in [3.8, 4) is 22.1 Å². The number of morpholine rings is 1. The first-order chi connectivity index (χ1) is 14.8. The molecule has 9 nitrogen and oxygen atoms in total. The molecule has 2 aromatic carbocycles. The highest BCUT2D eigenvalue weighted by molar-refractivity contribution is 7.89. The number of aromatic nitrogens is 1. The Kier molecular flexibility index (Phi) is 6.01. The normalized spacial score (nSPS) is 15.0. The molecule has 2 heterocycles. The van der Waals surface area contributed by atoms with E-state index in [-0.39, 0.29) is 23.7 Å². The largest absolute Gasteiger partial charge is 0.450 e. The average molecular weight is 462 g/mol. The molecule has 0 spiro atoms. The van der Waals surface area contributed by atoms with E-state index in [1.807, 2.05) is 24.4 Å². The predicted octanol–water partition coefficient (Wildman–Crippen LogP) is 3.84. The zero-order valence-electron chi connectivity index (χ0n) is 16.6. The molecule has 0 atom stereocenters. The third kappa shape index (κ3) is 4.59. The topological polar surface area (TPSA) is 112 Å². The van der Waals surface area contributed by atoms with Gasteiger partial charge in [0.05, 0.1) is 23.0 Å². The van der Waals surface area contributed by atoms with Crippen LogP contribution in [0.3, 0.4) is 0 Å². The van der Waals surface area contributed by atoms with Gasteiger partial charge in [0.25, 0.3) is 0 Å². The summed E-state index contributed by atoms with van der Waals surface area (Å²) >= 11 is 1.52. The van der Waals surface area contributed by atoms with Gasteiger partial charge in [-0.1, -0.05) is 0 Å². The van der Waals surface area contributed by atoms with E-state index in [9.17, 15) is 18.5 Å². The predicted molar refractivity (Wildman–Crippen MR) is 115 cm³/mol. The maximum absolute atomic E-state index is 12.8. The second kappa shape index (κ2) is 8.71. The maximum atomic E-state index is 12.8. The van der Waals surface area contributed by atoms with Crippen LogP contribution in [0.4, 0.5) is 5.69 Å². The number of nitro benzene ring substituents is 1. The third-order valence-electron chi connectivity index (χ3n) is 4.68. The Balaban J connectivity index is 1.59. The van der Waals surface area contributed by atoms with E-state index in [1.165, 1.54) is 27.8 Å². The van der Waals surface area contributed by atoms with Gasteiger partial charge in [0.2, 0.25) is 15.8 Å². The highest BCUT2D eigenvalue weighted by Crippen LogP contribution is 2.35. The fraction of sp³-hybridized carbons (Fsp3) is 0.250. The number of rotatable bonds is 6. The quantitative estimate of drug-likeness (QED) is 0.405. The zero-order chi connectivity index (χ0) is 22.0.